The molecule has 0 rings (SSSR count). The molecule has 20 heavy (non-hydrogen) atoms. The first kappa shape index (κ1) is 18.9. The lowest BCUT2D eigenvalue weighted by molar-refractivity contribution is -0.150. The molecule has 0 heterocycles. The topological polar surface area (TPSA) is 199 Å². The van der Waals surface area contributed by atoms with Gasteiger partial charge in [-0.25, -0.2) is 4.18 Å². The fraction of sp³-hybridized carbons (Fsp3) is 0.750. The van der Waals surface area contributed by atoms with Gasteiger partial charge in [0.15, 0.2) is 11.9 Å². The summed E-state index contributed by atoms with van der Waals surface area (Å²) in [7, 11) is -5.24. The average Bonchev–Trinajstić information content (AvgIpc) is 2.31. The molecule has 0 aromatic rings. The van der Waals surface area contributed by atoms with Crippen molar-refractivity contribution in [1.29, 1.82) is 0 Å². The minimum atomic E-state index is -5.24. The lowest BCUT2D eigenvalue weighted by Gasteiger charge is -2.26. The molecule has 0 bridgehead atoms. The SMILES string of the molecule is O=C(O)CC(=O)[C@H](OS(=O)(=O)O)[C@@H](O)[C@H](O)[C@H](O)CO. The van der Waals surface area contributed by atoms with Gasteiger partial charge in [-0.15, -0.1) is 0 Å². The second-order valence-electron chi connectivity index (χ2n) is 3.71. The molecule has 0 spiro atoms. The lowest BCUT2D eigenvalue weighted by Crippen LogP contribution is -2.50. The van der Waals surface area contributed by atoms with Crippen LogP contribution in [0.5, 0.6) is 0 Å². The number of carbonyl (C=O) groups is 2. The molecular formula is C8H14O11S. The molecule has 0 saturated carbocycles. The zero-order chi connectivity index (χ0) is 16.1. The van der Waals surface area contributed by atoms with Gasteiger partial charge >= 0.3 is 16.4 Å². The van der Waals surface area contributed by atoms with Crippen molar-refractivity contribution < 1.29 is 52.3 Å². The first-order valence-corrected chi connectivity index (χ1v) is 6.41. The molecule has 0 aliphatic heterocycles. The summed E-state index contributed by atoms with van der Waals surface area (Å²) < 4.78 is 33.3. The third-order valence-electron chi connectivity index (χ3n) is 2.11. The molecule has 118 valence electrons. The molecular weight excluding hydrogens is 304 g/mol. The fourth-order valence-electron chi connectivity index (χ4n) is 1.20. The van der Waals surface area contributed by atoms with Crippen LogP contribution in [0, 0.1) is 0 Å². The van der Waals surface area contributed by atoms with Crippen LogP contribution in [0.15, 0.2) is 0 Å². The highest BCUT2D eigenvalue weighted by atomic mass is 32.3. The number of carboxylic acid groups (broad SMARTS) is 1. The van der Waals surface area contributed by atoms with E-state index in [0.29, 0.717) is 0 Å². The minimum Gasteiger partial charge on any atom is -0.481 e. The number of aliphatic hydroxyl groups is 4. The van der Waals surface area contributed by atoms with E-state index in [2.05, 4.69) is 4.18 Å². The van der Waals surface area contributed by atoms with Gasteiger partial charge in [-0.3, -0.25) is 14.1 Å². The average molecular weight is 318 g/mol. The van der Waals surface area contributed by atoms with E-state index < -0.39 is 59.6 Å². The molecule has 0 aliphatic carbocycles. The van der Waals surface area contributed by atoms with Crippen molar-refractivity contribution in [3.63, 3.8) is 0 Å². The van der Waals surface area contributed by atoms with Crippen molar-refractivity contribution in [2.45, 2.75) is 30.8 Å². The summed E-state index contributed by atoms with van der Waals surface area (Å²) in [6, 6.07) is 0. The van der Waals surface area contributed by atoms with Gasteiger partial charge in [0, 0.05) is 0 Å². The van der Waals surface area contributed by atoms with Gasteiger partial charge in [-0.05, 0) is 0 Å². The van der Waals surface area contributed by atoms with Crippen molar-refractivity contribution in [2.75, 3.05) is 6.61 Å². The Balaban J connectivity index is 5.20. The Morgan fingerprint density at radius 1 is 1.10 bits per heavy atom. The number of rotatable bonds is 9. The second kappa shape index (κ2) is 7.58. The zero-order valence-corrected chi connectivity index (χ0v) is 10.7. The van der Waals surface area contributed by atoms with E-state index in [-0.39, 0.29) is 0 Å². The first-order valence-electron chi connectivity index (χ1n) is 5.04. The Morgan fingerprint density at radius 2 is 1.60 bits per heavy atom. The van der Waals surface area contributed by atoms with Gasteiger partial charge in [0.1, 0.15) is 24.7 Å². The zero-order valence-electron chi connectivity index (χ0n) is 9.86. The van der Waals surface area contributed by atoms with Gasteiger partial charge in [0.25, 0.3) is 0 Å². The molecule has 6 N–H and O–H groups in total. The molecule has 0 saturated heterocycles. The van der Waals surface area contributed by atoms with Crippen LogP contribution in [0.25, 0.3) is 0 Å². The van der Waals surface area contributed by atoms with Crippen LogP contribution in [0.1, 0.15) is 6.42 Å². The van der Waals surface area contributed by atoms with E-state index in [9.17, 15) is 28.2 Å². The van der Waals surface area contributed by atoms with Crippen LogP contribution in [0.4, 0.5) is 0 Å². The maximum Gasteiger partial charge on any atom is 0.398 e. The van der Waals surface area contributed by atoms with Crippen molar-refractivity contribution in [3.05, 3.63) is 0 Å². The molecule has 0 aromatic heterocycles. The summed E-state index contributed by atoms with van der Waals surface area (Å²) in [4.78, 5) is 21.7. The third kappa shape index (κ3) is 6.33. The summed E-state index contributed by atoms with van der Waals surface area (Å²) in [6.45, 7) is -1.04. The number of ketones is 1. The summed E-state index contributed by atoms with van der Waals surface area (Å²) in [5.41, 5.74) is 0. The Morgan fingerprint density at radius 3 is 1.95 bits per heavy atom. The maximum atomic E-state index is 11.4. The molecule has 0 amide bonds. The Kier molecular flexibility index (Phi) is 7.15. The van der Waals surface area contributed by atoms with Crippen LogP contribution in [0.3, 0.4) is 0 Å². The highest BCUT2D eigenvalue weighted by molar-refractivity contribution is 7.80. The van der Waals surface area contributed by atoms with Crippen LogP contribution in [-0.4, -0.2) is 81.3 Å². The molecule has 0 fully saturated rings. The summed E-state index contributed by atoms with van der Waals surface area (Å²) >= 11 is 0. The van der Waals surface area contributed by atoms with E-state index in [1.807, 2.05) is 0 Å². The quantitative estimate of drug-likeness (QED) is 0.180. The number of aliphatic hydroxyl groups excluding tert-OH is 4. The van der Waals surface area contributed by atoms with Crippen molar-refractivity contribution >= 4 is 22.2 Å². The molecule has 0 radical (unpaired) electrons. The van der Waals surface area contributed by atoms with E-state index in [1.54, 1.807) is 0 Å². The predicted octanol–water partition coefficient (Wildman–Crippen LogP) is -3.71. The van der Waals surface area contributed by atoms with Crippen molar-refractivity contribution in [2.24, 2.45) is 0 Å². The van der Waals surface area contributed by atoms with Crippen molar-refractivity contribution in [1.82, 2.24) is 0 Å². The standard InChI is InChI=1S/C8H14O11S/c9-2-4(11)6(14)7(15)8(19-20(16,17)18)3(10)1-5(12)13/h4,6-9,11,14-15H,1-2H2,(H,12,13)(H,16,17,18)/t4-,6-,7+,8+/m1/s1. The Bertz CT molecular complexity index is 443. The van der Waals surface area contributed by atoms with Crippen LogP contribution in [0.2, 0.25) is 0 Å². The minimum absolute atomic E-state index is 1.04. The van der Waals surface area contributed by atoms with Gasteiger partial charge in [-0.1, -0.05) is 0 Å². The maximum absolute atomic E-state index is 11.4. The van der Waals surface area contributed by atoms with E-state index in [4.69, 9.17) is 19.9 Å². The smallest absolute Gasteiger partial charge is 0.398 e. The molecule has 0 aromatic carbocycles. The monoisotopic (exact) mass is 318 g/mol. The van der Waals surface area contributed by atoms with Gasteiger partial charge < -0.3 is 25.5 Å². The number of aliphatic carboxylic acids is 1. The Hall–Kier alpha value is -1.15. The highest BCUT2D eigenvalue weighted by Gasteiger charge is 2.39. The largest absolute Gasteiger partial charge is 0.481 e. The second-order valence-corrected chi connectivity index (χ2v) is 4.76. The molecule has 0 aliphatic rings. The molecule has 4 atom stereocenters. The molecule has 11 nitrogen and oxygen atoms in total. The lowest BCUT2D eigenvalue weighted by atomic mass is 9.99. The van der Waals surface area contributed by atoms with Gasteiger partial charge in [-0.2, -0.15) is 8.42 Å². The number of Topliss-reactive ketones (excluding diaryl/α,β-unsaturated/α-hetero) is 1. The first-order chi connectivity index (χ1) is 8.99. The summed E-state index contributed by atoms with van der Waals surface area (Å²) in [5.74, 6) is -3.16. The normalized spacial score (nSPS) is 18.1. The highest BCUT2D eigenvalue weighted by Crippen LogP contribution is 2.13. The van der Waals surface area contributed by atoms with Gasteiger partial charge in [0.2, 0.25) is 0 Å². The van der Waals surface area contributed by atoms with E-state index >= 15 is 0 Å². The number of hydrogen-bond acceptors (Lipinski definition) is 9. The molecule has 12 heteroatoms. The van der Waals surface area contributed by atoms with Crippen molar-refractivity contribution in [3.8, 4) is 0 Å². The van der Waals surface area contributed by atoms with Crippen LogP contribution in [-0.2, 0) is 24.2 Å². The van der Waals surface area contributed by atoms with E-state index in [0.717, 1.165) is 0 Å². The van der Waals surface area contributed by atoms with Crippen LogP contribution >= 0.6 is 0 Å². The number of carboxylic acids is 1. The summed E-state index contributed by atoms with van der Waals surface area (Å²) in [5, 5.41) is 44.8. The Labute approximate surface area is 113 Å². The third-order valence-corrected chi connectivity index (χ3v) is 2.56. The predicted molar refractivity (Wildman–Crippen MR) is 58.8 cm³/mol. The summed E-state index contributed by atoms with van der Waals surface area (Å²) in [6.07, 6.45) is -10.3. The molecule has 0 unspecified atom stereocenters. The number of hydrogen-bond donors (Lipinski definition) is 6. The fourth-order valence-corrected chi connectivity index (χ4v) is 1.68. The van der Waals surface area contributed by atoms with Crippen LogP contribution < -0.4 is 0 Å². The van der Waals surface area contributed by atoms with E-state index in [1.165, 1.54) is 0 Å². The number of carbonyl (C=O) groups excluding carboxylic acids is 1. The van der Waals surface area contributed by atoms with Gasteiger partial charge in [0.05, 0.1) is 6.61 Å².